The number of amides is 1. The highest BCUT2D eigenvalue weighted by Gasteiger charge is 2.10. The van der Waals surface area contributed by atoms with E-state index in [9.17, 15) is 19.8 Å². The summed E-state index contributed by atoms with van der Waals surface area (Å²) in [4.78, 5) is 22.0. The standard InChI is InChI=1S/C15H20ClNO4.C6H16N/c16-11-7-8-13(18)12(10-11)15(21)17-9-5-3-1-2-4-6-14(19)20;1-5-6-7(2,3)4/h7-8,10,18H,1-6,9H2,(H,17,21)(H,19,20);5-6H2,1-4H3/q;+1/p-1. The molecule has 0 radical (unpaired) electrons. The number of benzene rings is 1. The topological polar surface area (TPSA) is 89.5 Å². The first-order valence-corrected chi connectivity index (χ1v) is 10.2. The van der Waals surface area contributed by atoms with Crippen molar-refractivity contribution in [3.63, 3.8) is 0 Å². The molecule has 0 saturated heterocycles. The summed E-state index contributed by atoms with van der Waals surface area (Å²) in [6.45, 7) is 3.99. The quantitative estimate of drug-likeness (QED) is 0.430. The average molecular weight is 415 g/mol. The van der Waals surface area contributed by atoms with E-state index < -0.39 is 5.97 Å². The molecule has 2 N–H and O–H groups in total. The van der Waals surface area contributed by atoms with Crippen LogP contribution >= 0.6 is 11.6 Å². The molecule has 0 aromatic heterocycles. The van der Waals surface area contributed by atoms with Crippen LogP contribution in [0, 0.1) is 0 Å². The molecule has 1 aromatic carbocycles. The van der Waals surface area contributed by atoms with Crippen molar-refractivity contribution in [1.82, 2.24) is 5.32 Å². The van der Waals surface area contributed by atoms with Crippen molar-refractivity contribution < 1.29 is 24.3 Å². The molecule has 0 spiro atoms. The van der Waals surface area contributed by atoms with Gasteiger partial charge in [-0.2, -0.15) is 0 Å². The molecule has 0 fully saturated rings. The van der Waals surface area contributed by atoms with Crippen molar-refractivity contribution in [3.8, 4) is 5.75 Å². The maximum atomic E-state index is 11.8. The predicted octanol–water partition coefficient (Wildman–Crippen LogP) is 2.97. The van der Waals surface area contributed by atoms with E-state index >= 15 is 0 Å². The zero-order valence-electron chi connectivity index (χ0n) is 17.6. The minimum atomic E-state index is -1.01. The lowest BCUT2D eigenvalue weighted by atomic mass is 10.1. The van der Waals surface area contributed by atoms with Gasteiger partial charge in [-0.15, -0.1) is 0 Å². The van der Waals surface area contributed by atoms with Crippen LogP contribution in [0.2, 0.25) is 5.02 Å². The second-order valence-corrected chi connectivity index (χ2v) is 8.26. The van der Waals surface area contributed by atoms with Crippen molar-refractivity contribution >= 4 is 23.5 Å². The fraction of sp³-hybridized carbons (Fsp3) is 0.619. The molecular weight excluding hydrogens is 380 g/mol. The van der Waals surface area contributed by atoms with E-state index in [1.165, 1.54) is 31.2 Å². The van der Waals surface area contributed by atoms with Gasteiger partial charge in [0.25, 0.3) is 5.91 Å². The number of aliphatic carboxylic acids is 1. The van der Waals surface area contributed by atoms with E-state index in [2.05, 4.69) is 33.4 Å². The molecule has 0 bridgehead atoms. The molecule has 0 heterocycles. The number of phenols is 1. The smallest absolute Gasteiger partial charge is 0.255 e. The molecule has 7 heteroatoms. The Morgan fingerprint density at radius 3 is 2.25 bits per heavy atom. The SMILES string of the molecule is CCC[N+](C)(C)C.O=C([O-])CCCCCCCNC(=O)c1cc(Cl)ccc1O. The number of hydrogen-bond donors (Lipinski definition) is 2. The molecule has 1 rings (SSSR count). The highest BCUT2D eigenvalue weighted by atomic mass is 35.5. The summed E-state index contributed by atoms with van der Waals surface area (Å²) in [7, 11) is 6.64. The molecule has 0 atom stereocenters. The first-order valence-electron chi connectivity index (χ1n) is 9.84. The number of carbonyl (C=O) groups is 2. The van der Waals surface area contributed by atoms with Crippen molar-refractivity contribution in [3.05, 3.63) is 28.8 Å². The van der Waals surface area contributed by atoms with Gasteiger partial charge in [-0.1, -0.05) is 37.8 Å². The van der Waals surface area contributed by atoms with Crippen LogP contribution in [0.3, 0.4) is 0 Å². The van der Waals surface area contributed by atoms with Crippen molar-refractivity contribution in [2.24, 2.45) is 0 Å². The molecule has 160 valence electrons. The number of rotatable bonds is 11. The highest BCUT2D eigenvalue weighted by Crippen LogP contribution is 2.21. The minimum absolute atomic E-state index is 0.0980. The second-order valence-electron chi connectivity index (χ2n) is 7.82. The Bertz CT molecular complexity index is 601. The molecular formula is C21H35ClN2O4. The van der Waals surface area contributed by atoms with Crippen molar-refractivity contribution in [2.45, 2.75) is 51.9 Å². The van der Waals surface area contributed by atoms with Crippen LogP contribution in [0.25, 0.3) is 0 Å². The lowest BCUT2D eigenvalue weighted by Gasteiger charge is -2.22. The number of halogens is 1. The Hall–Kier alpha value is -1.79. The summed E-state index contributed by atoms with van der Waals surface area (Å²) in [5.41, 5.74) is 0.163. The van der Waals surface area contributed by atoms with E-state index in [4.69, 9.17) is 11.6 Å². The Morgan fingerprint density at radius 2 is 1.71 bits per heavy atom. The number of nitrogens with zero attached hydrogens (tertiary/aromatic N) is 1. The Balaban J connectivity index is 0.000000887. The molecule has 0 unspecified atom stereocenters. The maximum absolute atomic E-state index is 11.8. The predicted molar refractivity (Wildman–Crippen MR) is 111 cm³/mol. The van der Waals surface area contributed by atoms with Gasteiger partial charge in [0.05, 0.1) is 33.3 Å². The molecule has 0 aliphatic rings. The third kappa shape index (κ3) is 14.3. The lowest BCUT2D eigenvalue weighted by molar-refractivity contribution is -0.870. The van der Waals surface area contributed by atoms with Crippen molar-refractivity contribution in [2.75, 3.05) is 34.2 Å². The number of unbranched alkanes of at least 4 members (excludes halogenated alkanes) is 4. The number of aromatic hydroxyl groups is 1. The summed E-state index contributed by atoms with van der Waals surface area (Å²) >= 11 is 5.78. The van der Waals surface area contributed by atoms with Gasteiger partial charge in [0, 0.05) is 17.5 Å². The summed E-state index contributed by atoms with van der Waals surface area (Å²) in [5, 5.41) is 22.9. The molecule has 0 aliphatic heterocycles. The van der Waals surface area contributed by atoms with Gasteiger partial charge in [0.2, 0.25) is 0 Å². The third-order valence-electron chi connectivity index (χ3n) is 3.94. The van der Waals surface area contributed by atoms with Gasteiger partial charge in [0.1, 0.15) is 5.75 Å². The van der Waals surface area contributed by atoms with E-state index in [0.29, 0.717) is 18.0 Å². The van der Waals surface area contributed by atoms with Gasteiger partial charge in [-0.25, -0.2) is 0 Å². The van der Waals surface area contributed by atoms with Crippen molar-refractivity contribution in [1.29, 1.82) is 0 Å². The fourth-order valence-corrected chi connectivity index (χ4v) is 2.75. The summed E-state index contributed by atoms with van der Waals surface area (Å²) in [6.07, 6.45) is 5.50. The Labute approximate surface area is 174 Å². The summed E-state index contributed by atoms with van der Waals surface area (Å²) < 4.78 is 1.09. The van der Waals surface area contributed by atoms with Crippen LogP contribution in [0.4, 0.5) is 0 Å². The lowest BCUT2D eigenvalue weighted by Crippen LogP contribution is -2.34. The van der Waals surface area contributed by atoms with E-state index in [-0.39, 0.29) is 23.6 Å². The van der Waals surface area contributed by atoms with Crippen LogP contribution in [0.1, 0.15) is 62.2 Å². The normalized spacial score (nSPS) is 10.8. The third-order valence-corrected chi connectivity index (χ3v) is 4.18. The maximum Gasteiger partial charge on any atom is 0.255 e. The first kappa shape index (κ1) is 26.2. The van der Waals surface area contributed by atoms with Gasteiger partial charge < -0.3 is 24.8 Å². The second kappa shape index (κ2) is 14.2. The number of carbonyl (C=O) groups excluding carboxylic acids is 2. The van der Waals surface area contributed by atoms with Crippen LogP contribution in [0.5, 0.6) is 5.75 Å². The van der Waals surface area contributed by atoms with E-state index in [1.807, 2.05) is 0 Å². The number of phenolic OH excluding ortho intramolecular Hbond substituents is 1. The van der Waals surface area contributed by atoms with Crippen LogP contribution in [-0.2, 0) is 4.79 Å². The molecule has 0 aliphatic carbocycles. The number of quaternary nitrogens is 1. The molecule has 0 saturated carbocycles. The van der Waals surface area contributed by atoms with Crippen LogP contribution in [-0.4, -0.2) is 55.7 Å². The fourth-order valence-electron chi connectivity index (χ4n) is 2.58. The highest BCUT2D eigenvalue weighted by molar-refractivity contribution is 6.31. The largest absolute Gasteiger partial charge is 0.550 e. The van der Waals surface area contributed by atoms with Crippen LogP contribution in [0.15, 0.2) is 18.2 Å². The monoisotopic (exact) mass is 414 g/mol. The van der Waals surface area contributed by atoms with Gasteiger partial charge >= 0.3 is 0 Å². The summed E-state index contributed by atoms with van der Waals surface area (Å²) in [5.74, 6) is -1.46. The van der Waals surface area contributed by atoms with Gasteiger partial charge in [0.15, 0.2) is 0 Å². The molecule has 28 heavy (non-hydrogen) atoms. The number of hydrogen-bond acceptors (Lipinski definition) is 4. The van der Waals surface area contributed by atoms with Gasteiger partial charge in [-0.3, -0.25) is 4.79 Å². The van der Waals surface area contributed by atoms with E-state index in [1.54, 1.807) is 0 Å². The summed E-state index contributed by atoms with van der Waals surface area (Å²) in [6, 6.07) is 4.32. The zero-order valence-corrected chi connectivity index (χ0v) is 18.3. The average Bonchev–Trinajstić information content (AvgIpc) is 2.58. The number of nitrogens with one attached hydrogen (secondary N) is 1. The van der Waals surface area contributed by atoms with E-state index in [0.717, 1.165) is 30.2 Å². The van der Waals surface area contributed by atoms with Crippen LogP contribution < -0.4 is 10.4 Å². The zero-order chi connectivity index (χ0) is 21.6. The first-order chi connectivity index (χ1) is 13.1. The number of carboxylic acids is 1. The molecule has 1 amide bonds. The molecule has 1 aromatic rings. The van der Waals surface area contributed by atoms with Gasteiger partial charge in [-0.05, 0) is 43.9 Å². The number of carboxylic acid groups (broad SMARTS) is 1. The Morgan fingerprint density at radius 1 is 1.11 bits per heavy atom. The Kier molecular flexibility index (Phi) is 13.3. The minimum Gasteiger partial charge on any atom is -0.550 e. The molecule has 6 nitrogen and oxygen atoms in total.